The molecular weight excluding hydrogens is 831 g/mol. The van der Waals surface area contributed by atoms with Gasteiger partial charge in [0.25, 0.3) is 0 Å². The van der Waals surface area contributed by atoms with Gasteiger partial charge in [-0.1, -0.05) is 137 Å². The number of ketones is 1. The maximum Gasteiger partial charge on any atom is 0.158 e. The molecule has 0 bridgehead atoms. The number of fused-ring (bicyclic) bond motifs is 1. The van der Waals surface area contributed by atoms with Crippen molar-refractivity contribution in [3.05, 3.63) is 94.0 Å². The summed E-state index contributed by atoms with van der Waals surface area (Å²) >= 11 is 0. The number of aromatic hydroxyl groups is 2. The number of Topliss-reactive ketones (excluding diaryl/α,β-unsaturated/α-hetero) is 1. The summed E-state index contributed by atoms with van der Waals surface area (Å²) < 4.78 is 0. The predicted molar refractivity (Wildman–Crippen MR) is 275 cm³/mol. The fourth-order valence-corrected chi connectivity index (χ4v) is 8.21. The van der Waals surface area contributed by atoms with Gasteiger partial charge in [-0.25, -0.2) is 0 Å². The molecule has 64 heavy (non-hydrogen) atoms. The third-order valence-electron chi connectivity index (χ3n) is 12.3. The smallest absolute Gasteiger partial charge is 0.158 e. The van der Waals surface area contributed by atoms with Gasteiger partial charge >= 0.3 is 0 Å². The minimum Gasteiger partial charge on any atom is -0.504 e. The Morgan fingerprint density at radius 2 is 0.797 bits per heavy atom. The van der Waals surface area contributed by atoms with E-state index in [1.54, 1.807) is 12.1 Å². The van der Waals surface area contributed by atoms with Crippen molar-refractivity contribution < 1.29 is 31.5 Å². The standard InChI is InChI=1S/C40H64N2.C18H22O3.Ni/c1-7-13-19-20-26-40(42-38-30-28-34(22-15-9-3)36(32-38)24-17-11-5)39(25-18-12-6)41-37-29-27-33(21-14-8-2)35(31-37)23-16-10-4;1-3-5-6-12-7-14-10-17(20)18(21)11-15(14)8-13(12)9-16(19)4-2;/h27-32H,7-26H2,1-6H3;7-8,10-11,20-21H,3-6,9H2,1-2H3;. The van der Waals surface area contributed by atoms with Crippen LogP contribution in [0.25, 0.3) is 10.8 Å². The number of aryl methyl sites for hydroxylation is 5. The molecular formula is C58H86N2NiO3. The molecule has 2 N–H and O–H groups in total. The molecule has 4 aromatic rings. The van der Waals surface area contributed by atoms with Gasteiger partial charge in [0.15, 0.2) is 11.5 Å². The molecule has 0 aliphatic rings. The summed E-state index contributed by atoms with van der Waals surface area (Å²) in [6.45, 7) is 17.8. The van der Waals surface area contributed by atoms with E-state index in [9.17, 15) is 15.0 Å². The molecule has 356 valence electrons. The number of carbonyl (C=O) groups excluding carboxylic acids is 1. The summed E-state index contributed by atoms with van der Waals surface area (Å²) in [4.78, 5) is 22.6. The zero-order valence-electron chi connectivity index (χ0n) is 41.5. The van der Waals surface area contributed by atoms with Crippen molar-refractivity contribution in [2.24, 2.45) is 9.98 Å². The second-order valence-electron chi connectivity index (χ2n) is 17.8. The third-order valence-corrected chi connectivity index (χ3v) is 12.3. The van der Waals surface area contributed by atoms with Crippen LogP contribution in [0.3, 0.4) is 0 Å². The van der Waals surface area contributed by atoms with Gasteiger partial charge in [0, 0.05) is 29.3 Å². The van der Waals surface area contributed by atoms with Crippen molar-refractivity contribution in [2.45, 2.75) is 216 Å². The van der Waals surface area contributed by atoms with E-state index in [2.05, 4.69) is 84.9 Å². The van der Waals surface area contributed by atoms with Gasteiger partial charge in [0.05, 0.1) is 22.8 Å². The molecule has 0 atom stereocenters. The number of aliphatic imine (C=N–C) groups is 2. The molecule has 6 heteroatoms. The number of carbonyl (C=O) groups is 1. The molecule has 0 fully saturated rings. The first-order valence-electron chi connectivity index (χ1n) is 25.5. The summed E-state index contributed by atoms with van der Waals surface area (Å²) in [5.74, 6) is -0.0204. The Bertz CT molecular complexity index is 2010. The summed E-state index contributed by atoms with van der Waals surface area (Å²) in [7, 11) is 0. The van der Waals surface area contributed by atoms with E-state index < -0.39 is 0 Å². The van der Waals surface area contributed by atoms with Gasteiger partial charge in [-0.15, -0.1) is 0 Å². The van der Waals surface area contributed by atoms with Gasteiger partial charge in [-0.05, 0) is 170 Å². The normalized spacial score (nSPS) is 11.7. The second-order valence-corrected chi connectivity index (χ2v) is 17.8. The number of hydrogen-bond donors (Lipinski definition) is 2. The average Bonchev–Trinajstić information content (AvgIpc) is 3.29. The second kappa shape index (κ2) is 32.8. The van der Waals surface area contributed by atoms with Gasteiger partial charge in [-0.2, -0.15) is 0 Å². The topological polar surface area (TPSA) is 82.2 Å². The maximum absolute atomic E-state index is 11.8. The van der Waals surface area contributed by atoms with Crippen molar-refractivity contribution in [1.82, 2.24) is 0 Å². The summed E-state index contributed by atoms with van der Waals surface area (Å²) in [5.41, 5.74) is 12.9. The minimum atomic E-state index is -0.128. The van der Waals surface area contributed by atoms with Crippen LogP contribution in [-0.4, -0.2) is 27.4 Å². The molecule has 0 aromatic heterocycles. The molecule has 0 amide bonds. The van der Waals surface area contributed by atoms with Crippen LogP contribution >= 0.6 is 0 Å². The molecule has 4 aromatic carbocycles. The molecule has 0 spiro atoms. The first-order valence-corrected chi connectivity index (χ1v) is 25.5. The van der Waals surface area contributed by atoms with E-state index in [1.807, 2.05) is 19.1 Å². The van der Waals surface area contributed by atoms with Crippen LogP contribution in [0.5, 0.6) is 11.5 Å². The van der Waals surface area contributed by atoms with Crippen LogP contribution in [0.1, 0.15) is 211 Å². The third kappa shape index (κ3) is 19.8. The molecule has 0 saturated heterocycles. The SMILES string of the molecule is CCCCCCC(=Nc1ccc(CCCC)c(CCCC)c1)C(CCCC)=Nc1ccc(CCCC)c(CCCC)c1.CCCCc1cc2cc(O)c(O)cc2cc1CC(=O)CC.[Ni]. The fraction of sp³-hybridized carbons (Fsp3) is 0.569. The van der Waals surface area contributed by atoms with Crippen LogP contribution in [0.15, 0.2) is 70.6 Å². The number of rotatable bonds is 29. The van der Waals surface area contributed by atoms with E-state index >= 15 is 0 Å². The van der Waals surface area contributed by atoms with Crippen LogP contribution in [-0.2, 0) is 59.8 Å². The monoisotopic (exact) mass is 917 g/mol. The number of benzene rings is 4. The van der Waals surface area contributed by atoms with E-state index in [1.165, 1.54) is 130 Å². The summed E-state index contributed by atoms with van der Waals surface area (Å²) in [5, 5.41) is 21.0. The summed E-state index contributed by atoms with van der Waals surface area (Å²) in [6, 6.07) is 21.2. The van der Waals surface area contributed by atoms with Crippen molar-refractivity contribution in [1.29, 1.82) is 0 Å². The average molecular weight is 918 g/mol. The zero-order chi connectivity index (χ0) is 45.8. The van der Waals surface area contributed by atoms with Gasteiger partial charge < -0.3 is 10.2 Å². The van der Waals surface area contributed by atoms with Crippen molar-refractivity contribution in [3.8, 4) is 11.5 Å². The molecule has 5 nitrogen and oxygen atoms in total. The van der Waals surface area contributed by atoms with Gasteiger partial charge in [0.2, 0.25) is 0 Å². The molecule has 0 saturated carbocycles. The molecule has 0 aliphatic heterocycles. The van der Waals surface area contributed by atoms with Crippen LogP contribution in [0.4, 0.5) is 11.4 Å². The largest absolute Gasteiger partial charge is 0.504 e. The molecule has 4 rings (SSSR count). The Labute approximate surface area is 400 Å². The van der Waals surface area contributed by atoms with Crippen molar-refractivity contribution in [2.75, 3.05) is 0 Å². The van der Waals surface area contributed by atoms with E-state index in [4.69, 9.17) is 9.98 Å². The number of nitrogens with zero attached hydrogens (tertiary/aromatic N) is 2. The number of phenols is 2. The van der Waals surface area contributed by atoms with Crippen LogP contribution in [0.2, 0.25) is 0 Å². The Hall–Kier alpha value is -3.76. The first-order chi connectivity index (χ1) is 30.6. The molecule has 0 unspecified atom stereocenters. The maximum atomic E-state index is 11.8. The van der Waals surface area contributed by atoms with E-state index in [0.29, 0.717) is 12.8 Å². The number of phenolic OH excluding ortho intramolecular Hbond substituents is 2. The zero-order valence-corrected chi connectivity index (χ0v) is 42.5. The minimum absolute atomic E-state index is 0. The van der Waals surface area contributed by atoms with Gasteiger partial charge in [0.1, 0.15) is 5.78 Å². The van der Waals surface area contributed by atoms with E-state index in [-0.39, 0.29) is 33.8 Å². The van der Waals surface area contributed by atoms with Crippen LogP contribution < -0.4 is 0 Å². The van der Waals surface area contributed by atoms with E-state index in [0.717, 1.165) is 84.6 Å². The molecule has 0 aliphatic carbocycles. The van der Waals surface area contributed by atoms with Crippen molar-refractivity contribution in [3.63, 3.8) is 0 Å². The number of hydrogen-bond acceptors (Lipinski definition) is 5. The molecule has 0 heterocycles. The Morgan fingerprint density at radius 3 is 1.20 bits per heavy atom. The van der Waals surface area contributed by atoms with Crippen LogP contribution in [0, 0.1) is 0 Å². The Kier molecular flexibility index (Phi) is 28.9. The first kappa shape index (κ1) is 56.4. The number of unbranched alkanes of at least 4 members (excludes halogenated alkanes) is 9. The Morgan fingerprint density at radius 1 is 0.422 bits per heavy atom. The Balaban J connectivity index is 0.000000534. The summed E-state index contributed by atoms with van der Waals surface area (Å²) in [6.07, 6.45) is 28.1. The predicted octanol–water partition coefficient (Wildman–Crippen LogP) is 17.2. The fourth-order valence-electron chi connectivity index (χ4n) is 8.21. The molecule has 0 radical (unpaired) electrons. The van der Waals surface area contributed by atoms with Gasteiger partial charge in [-0.3, -0.25) is 14.8 Å². The quantitative estimate of drug-likeness (QED) is 0.0246. The van der Waals surface area contributed by atoms with Crippen molar-refractivity contribution >= 4 is 39.4 Å².